The van der Waals surface area contributed by atoms with Crippen LogP contribution in [0, 0.1) is 0 Å². The number of aromatic nitrogens is 1. The van der Waals surface area contributed by atoms with E-state index in [2.05, 4.69) is 41.9 Å². The number of aryl methyl sites for hydroxylation is 1. The molecule has 1 aliphatic heterocycles. The number of hydrogen-bond acceptors (Lipinski definition) is 2. The van der Waals surface area contributed by atoms with E-state index in [-0.39, 0.29) is 5.91 Å². The smallest absolute Gasteiger partial charge is 0.227 e. The molecule has 26 heavy (non-hydrogen) atoms. The number of methoxy groups -OCH3 is 1. The summed E-state index contributed by atoms with van der Waals surface area (Å²) < 4.78 is 7.45. The number of hydrogen-bond donors (Lipinski definition) is 0. The Bertz CT molecular complexity index is 927. The summed E-state index contributed by atoms with van der Waals surface area (Å²) in [4.78, 5) is 14.7. The average Bonchev–Trinajstić information content (AvgIpc) is 3.28. The first-order valence-electron chi connectivity index (χ1n) is 9.11. The predicted octanol–water partition coefficient (Wildman–Crippen LogP) is 3.75. The standard InChI is InChI=1S/C22H24N2O2/c1-23-20-6-4-3-5-17(20)14-21(23)18-11-12-24(15-18)22(25)13-16-7-9-19(26-2)10-8-16/h3-10,14,18H,11-13,15H2,1-2H3. The minimum absolute atomic E-state index is 0.205. The highest BCUT2D eigenvalue weighted by Crippen LogP contribution is 2.31. The summed E-state index contributed by atoms with van der Waals surface area (Å²) in [6, 6.07) is 18.5. The van der Waals surface area contributed by atoms with E-state index in [1.807, 2.05) is 29.2 Å². The molecule has 1 fully saturated rings. The molecule has 0 spiro atoms. The highest BCUT2D eigenvalue weighted by Gasteiger charge is 2.29. The molecule has 2 heterocycles. The van der Waals surface area contributed by atoms with Gasteiger partial charge in [-0.15, -0.1) is 0 Å². The molecule has 4 rings (SSSR count). The molecule has 1 unspecified atom stereocenters. The third-order valence-corrected chi connectivity index (χ3v) is 5.46. The maximum absolute atomic E-state index is 12.7. The fraction of sp³-hybridized carbons (Fsp3) is 0.318. The van der Waals surface area contributed by atoms with E-state index in [0.717, 1.165) is 30.8 Å². The number of fused-ring (bicyclic) bond motifs is 1. The van der Waals surface area contributed by atoms with Crippen LogP contribution in [0.3, 0.4) is 0 Å². The van der Waals surface area contributed by atoms with Crippen LogP contribution in [-0.4, -0.2) is 35.6 Å². The van der Waals surface area contributed by atoms with Crippen molar-refractivity contribution < 1.29 is 9.53 Å². The molecular formula is C22H24N2O2. The number of nitrogens with zero attached hydrogens (tertiary/aromatic N) is 2. The van der Waals surface area contributed by atoms with Crippen molar-refractivity contribution in [3.05, 3.63) is 65.9 Å². The molecule has 134 valence electrons. The van der Waals surface area contributed by atoms with Crippen LogP contribution in [0.5, 0.6) is 5.75 Å². The van der Waals surface area contributed by atoms with Gasteiger partial charge in [-0.25, -0.2) is 0 Å². The number of para-hydroxylation sites is 1. The molecule has 1 saturated heterocycles. The Labute approximate surface area is 154 Å². The maximum atomic E-state index is 12.7. The molecular weight excluding hydrogens is 324 g/mol. The zero-order chi connectivity index (χ0) is 18.1. The molecule has 1 aromatic heterocycles. The molecule has 0 bridgehead atoms. The largest absolute Gasteiger partial charge is 0.497 e. The van der Waals surface area contributed by atoms with Crippen LogP contribution in [0.2, 0.25) is 0 Å². The number of benzene rings is 2. The van der Waals surface area contributed by atoms with Gasteiger partial charge in [0.2, 0.25) is 5.91 Å². The number of rotatable bonds is 4. The highest BCUT2D eigenvalue weighted by molar-refractivity contribution is 5.82. The van der Waals surface area contributed by atoms with Crippen LogP contribution >= 0.6 is 0 Å². The van der Waals surface area contributed by atoms with E-state index in [1.54, 1.807) is 7.11 Å². The lowest BCUT2D eigenvalue weighted by molar-refractivity contribution is -0.129. The van der Waals surface area contributed by atoms with Crippen LogP contribution in [0.1, 0.15) is 23.6 Å². The van der Waals surface area contributed by atoms with Crippen LogP contribution < -0.4 is 4.74 Å². The molecule has 4 heteroatoms. The van der Waals surface area contributed by atoms with Crippen molar-refractivity contribution >= 4 is 16.8 Å². The average molecular weight is 348 g/mol. The van der Waals surface area contributed by atoms with E-state index in [9.17, 15) is 4.79 Å². The van der Waals surface area contributed by atoms with Crippen LogP contribution in [0.15, 0.2) is 54.6 Å². The van der Waals surface area contributed by atoms with Crippen LogP contribution in [0.4, 0.5) is 0 Å². The second kappa shape index (κ2) is 6.87. The topological polar surface area (TPSA) is 34.5 Å². The molecule has 1 aliphatic rings. The summed E-state index contributed by atoms with van der Waals surface area (Å²) in [5.74, 6) is 1.43. The van der Waals surface area contributed by atoms with E-state index in [0.29, 0.717) is 12.3 Å². The minimum Gasteiger partial charge on any atom is -0.497 e. The fourth-order valence-electron chi connectivity index (χ4n) is 3.96. The van der Waals surface area contributed by atoms with Crippen molar-refractivity contribution in [2.24, 2.45) is 7.05 Å². The van der Waals surface area contributed by atoms with Gasteiger partial charge in [0, 0.05) is 37.3 Å². The van der Waals surface area contributed by atoms with Gasteiger partial charge in [0.15, 0.2) is 0 Å². The second-order valence-electron chi connectivity index (χ2n) is 7.04. The first-order valence-corrected chi connectivity index (χ1v) is 9.11. The molecule has 0 radical (unpaired) electrons. The quantitative estimate of drug-likeness (QED) is 0.720. The van der Waals surface area contributed by atoms with Crippen molar-refractivity contribution in [1.82, 2.24) is 9.47 Å². The molecule has 2 aromatic carbocycles. The lowest BCUT2D eigenvalue weighted by Gasteiger charge is -2.17. The predicted molar refractivity (Wildman–Crippen MR) is 104 cm³/mol. The number of ether oxygens (including phenoxy) is 1. The van der Waals surface area contributed by atoms with E-state index in [1.165, 1.54) is 16.6 Å². The van der Waals surface area contributed by atoms with Gasteiger partial charge in [-0.1, -0.05) is 30.3 Å². The van der Waals surface area contributed by atoms with Gasteiger partial charge >= 0.3 is 0 Å². The van der Waals surface area contributed by atoms with Crippen molar-refractivity contribution in [3.8, 4) is 5.75 Å². The molecule has 0 N–H and O–H groups in total. The molecule has 1 amide bonds. The van der Waals surface area contributed by atoms with Crippen LogP contribution in [-0.2, 0) is 18.3 Å². The third-order valence-electron chi connectivity index (χ3n) is 5.46. The Morgan fingerprint density at radius 3 is 2.65 bits per heavy atom. The molecule has 3 aromatic rings. The molecule has 0 saturated carbocycles. The Kier molecular flexibility index (Phi) is 4.41. The summed E-state index contributed by atoms with van der Waals surface area (Å²) in [5.41, 5.74) is 3.61. The Morgan fingerprint density at radius 1 is 1.15 bits per heavy atom. The zero-order valence-corrected chi connectivity index (χ0v) is 15.3. The minimum atomic E-state index is 0.205. The summed E-state index contributed by atoms with van der Waals surface area (Å²) in [5, 5.41) is 1.27. The highest BCUT2D eigenvalue weighted by atomic mass is 16.5. The molecule has 0 aliphatic carbocycles. The number of likely N-dealkylation sites (tertiary alicyclic amines) is 1. The van der Waals surface area contributed by atoms with Crippen LogP contribution in [0.25, 0.3) is 10.9 Å². The van der Waals surface area contributed by atoms with Gasteiger partial charge in [-0.3, -0.25) is 4.79 Å². The summed E-state index contributed by atoms with van der Waals surface area (Å²) in [6.45, 7) is 1.64. The fourth-order valence-corrected chi connectivity index (χ4v) is 3.96. The van der Waals surface area contributed by atoms with Gasteiger partial charge in [0.1, 0.15) is 5.75 Å². The van der Waals surface area contributed by atoms with Gasteiger partial charge in [-0.2, -0.15) is 0 Å². The van der Waals surface area contributed by atoms with E-state index in [4.69, 9.17) is 4.74 Å². The first kappa shape index (κ1) is 16.7. The van der Waals surface area contributed by atoms with E-state index >= 15 is 0 Å². The lowest BCUT2D eigenvalue weighted by atomic mass is 10.0. The first-order chi connectivity index (χ1) is 12.7. The Hall–Kier alpha value is -2.75. The SMILES string of the molecule is COc1ccc(CC(=O)N2CCC(c3cc4ccccc4n3C)C2)cc1. The van der Waals surface area contributed by atoms with Gasteiger partial charge in [-0.05, 0) is 41.6 Å². The monoisotopic (exact) mass is 348 g/mol. The molecule has 4 nitrogen and oxygen atoms in total. The van der Waals surface area contributed by atoms with Gasteiger partial charge in [0.25, 0.3) is 0 Å². The lowest BCUT2D eigenvalue weighted by Crippen LogP contribution is -2.30. The van der Waals surface area contributed by atoms with Crippen molar-refractivity contribution in [2.45, 2.75) is 18.8 Å². The third kappa shape index (κ3) is 3.07. The van der Waals surface area contributed by atoms with Gasteiger partial charge < -0.3 is 14.2 Å². The normalized spacial score (nSPS) is 17.0. The number of carbonyl (C=O) groups excluding carboxylic acids is 1. The molecule has 1 atom stereocenters. The van der Waals surface area contributed by atoms with Crippen molar-refractivity contribution in [2.75, 3.05) is 20.2 Å². The number of carbonyl (C=O) groups is 1. The summed E-state index contributed by atoms with van der Waals surface area (Å²) in [6.07, 6.45) is 1.48. The Morgan fingerprint density at radius 2 is 1.92 bits per heavy atom. The Balaban J connectivity index is 1.45. The van der Waals surface area contributed by atoms with Crippen molar-refractivity contribution in [3.63, 3.8) is 0 Å². The second-order valence-corrected chi connectivity index (χ2v) is 7.04. The van der Waals surface area contributed by atoms with E-state index < -0.39 is 0 Å². The number of amides is 1. The van der Waals surface area contributed by atoms with Crippen molar-refractivity contribution in [1.29, 1.82) is 0 Å². The summed E-state index contributed by atoms with van der Waals surface area (Å²) in [7, 11) is 3.77. The summed E-state index contributed by atoms with van der Waals surface area (Å²) >= 11 is 0. The maximum Gasteiger partial charge on any atom is 0.227 e. The van der Waals surface area contributed by atoms with Gasteiger partial charge in [0.05, 0.1) is 13.5 Å². The zero-order valence-electron chi connectivity index (χ0n) is 15.3.